The van der Waals surface area contributed by atoms with Gasteiger partial charge in [-0.1, -0.05) is 69.4 Å². The fraction of sp³-hybridized carbons (Fsp3) is 0.143. The molecule has 0 aliphatic carbocycles. The van der Waals surface area contributed by atoms with Crippen LogP contribution in [0, 0.1) is 5.92 Å². The first-order valence-electron chi connectivity index (χ1n) is 12.0. The van der Waals surface area contributed by atoms with Crippen LogP contribution < -0.4 is 19.8 Å². The van der Waals surface area contributed by atoms with Gasteiger partial charge in [0.25, 0.3) is 5.91 Å². The van der Waals surface area contributed by atoms with E-state index < -0.39 is 17.1 Å². The van der Waals surface area contributed by atoms with Crippen molar-refractivity contribution in [2.24, 2.45) is 5.92 Å². The second-order valence-electron chi connectivity index (χ2n) is 9.01. The van der Waals surface area contributed by atoms with Crippen molar-refractivity contribution < 1.29 is 19.1 Å². The Balaban J connectivity index is 1.25. The van der Waals surface area contributed by atoms with Gasteiger partial charge in [-0.25, -0.2) is 4.90 Å². The van der Waals surface area contributed by atoms with Gasteiger partial charge in [0.2, 0.25) is 11.8 Å². The summed E-state index contributed by atoms with van der Waals surface area (Å²) in [6.07, 6.45) is 0. The molecular weight excluding hydrogens is 602 g/mol. The zero-order valence-corrected chi connectivity index (χ0v) is 23.3. The van der Waals surface area contributed by atoms with Gasteiger partial charge in [-0.3, -0.25) is 19.2 Å². The zero-order chi connectivity index (χ0) is 27.1. The summed E-state index contributed by atoms with van der Waals surface area (Å²) in [4.78, 5) is 56.4. The van der Waals surface area contributed by atoms with Gasteiger partial charge in [0.1, 0.15) is 11.0 Å². The lowest BCUT2D eigenvalue weighted by Crippen LogP contribution is -2.32. The minimum absolute atomic E-state index is 0.169. The lowest BCUT2D eigenvalue weighted by Gasteiger charge is -2.29. The number of benzene rings is 3. The molecule has 4 aromatic rings. The van der Waals surface area contributed by atoms with Crippen LogP contribution in [0.5, 0.6) is 5.75 Å². The second-order valence-corrected chi connectivity index (χ2v) is 12.1. The SMILES string of the molecule is O=C(COc1ccc([C@@H]2c3sc(=O)[nH]c3S[C@H]3C(=O)N(c4ccc(Br)cc4)C(=O)[C@@H]23)cc1)Nc1ccccc1. The molecule has 196 valence electrons. The lowest BCUT2D eigenvalue weighted by molar-refractivity contribution is -0.122. The number of fused-ring (bicyclic) bond motifs is 2. The predicted octanol–water partition coefficient (Wildman–Crippen LogP) is 5.01. The third kappa shape index (κ3) is 4.93. The van der Waals surface area contributed by atoms with Gasteiger partial charge in [-0.15, -0.1) is 0 Å². The van der Waals surface area contributed by atoms with Crippen LogP contribution >= 0.6 is 39.0 Å². The van der Waals surface area contributed by atoms with Crippen LogP contribution in [0.1, 0.15) is 16.4 Å². The highest BCUT2D eigenvalue weighted by Crippen LogP contribution is 2.53. The fourth-order valence-electron chi connectivity index (χ4n) is 4.86. The number of imide groups is 1. The molecule has 3 heterocycles. The van der Waals surface area contributed by atoms with E-state index >= 15 is 0 Å². The molecule has 39 heavy (non-hydrogen) atoms. The Morgan fingerprint density at radius 2 is 1.67 bits per heavy atom. The number of carbonyl (C=O) groups is 3. The van der Waals surface area contributed by atoms with Crippen molar-refractivity contribution in [1.29, 1.82) is 0 Å². The van der Waals surface area contributed by atoms with E-state index in [-0.39, 0.29) is 29.2 Å². The molecule has 2 aliphatic heterocycles. The molecule has 11 heteroatoms. The number of halogens is 1. The third-order valence-corrected chi connectivity index (χ3v) is 9.51. The number of nitrogens with zero attached hydrogens (tertiary/aromatic N) is 1. The molecule has 2 N–H and O–H groups in total. The van der Waals surface area contributed by atoms with Crippen LogP contribution in [0.2, 0.25) is 0 Å². The number of aromatic amines is 1. The van der Waals surface area contributed by atoms with Crippen molar-refractivity contribution in [2.45, 2.75) is 16.2 Å². The van der Waals surface area contributed by atoms with Gasteiger partial charge in [0, 0.05) is 21.0 Å². The minimum Gasteiger partial charge on any atom is -0.484 e. The number of amides is 3. The maximum Gasteiger partial charge on any atom is 0.305 e. The Morgan fingerprint density at radius 1 is 0.949 bits per heavy atom. The number of ether oxygens (including phenoxy) is 1. The number of para-hydroxylation sites is 1. The molecule has 3 atom stereocenters. The number of carbonyl (C=O) groups excluding carboxylic acids is 3. The normalized spacial score (nSPS) is 19.9. The molecule has 0 bridgehead atoms. The van der Waals surface area contributed by atoms with Gasteiger partial charge in [-0.05, 0) is 54.1 Å². The molecule has 0 unspecified atom stereocenters. The van der Waals surface area contributed by atoms with E-state index in [4.69, 9.17) is 4.74 Å². The monoisotopic (exact) mass is 621 g/mol. The fourth-order valence-corrected chi connectivity index (χ4v) is 7.64. The quantitative estimate of drug-likeness (QED) is 0.293. The Hall–Kier alpha value is -3.67. The Morgan fingerprint density at radius 3 is 2.38 bits per heavy atom. The molecule has 0 spiro atoms. The summed E-state index contributed by atoms with van der Waals surface area (Å²) >= 11 is 5.69. The number of aromatic nitrogens is 1. The zero-order valence-electron chi connectivity index (χ0n) is 20.1. The summed E-state index contributed by atoms with van der Waals surface area (Å²) in [5.41, 5.74) is 1.97. The summed E-state index contributed by atoms with van der Waals surface area (Å²) in [5.74, 6) is -1.56. The van der Waals surface area contributed by atoms with E-state index in [0.717, 1.165) is 26.3 Å². The number of hydrogen-bond acceptors (Lipinski definition) is 7. The van der Waals surface area contributed by atoms with Crippen molar-refractivity contribution in [3.8, 4) is 5.75 Å². The minimum atomic E-state index is -0.673. The largest absolute Gasteiger partial charge is 0.484 e. The molecule has 1 fully saturated rings. The van der Waals surface area contributed by atoms with E-state index in [1.165, 1.54) is 16.7 Å². The Labute approximate surface area is 239 Å². The molecule has 3 aromatic carbocycles. The first-order valence-corrected chi connectivity index (χ1v) is 14.5. The van der Waals surface area contributed by atoms with Gasteiger partial charge < -0.3 is 15.0 Å². The van der Waals surface area contributed by atoms with Gasteiger partial charge in [0.05, 0.1) is 16.6 Å². The number of hydrogen-bond donors (Lipinski definition) is 2. The molecule has 0 radical (unpaired) electrons. The molecule has 3 amide bonds. The Kier molecular flexibility index (Phi) is 6.88. The van der Waals surface area contributed by atoms with Crippen molar-refractivity contribution in [2.75, 3.05) is 16.8 Å². The van der Waals surface area contributed by atoms with E-state index in [1.54, 1.807) is 48.5 Å². The topological polar surface area (TPSA) is 109 Å². The van der Waals surface area contributed by atoms with Crippen LogP contribution in [0.4, 0.5) is 11.4 Å². The van der Waals surface area contributed by atoms with Crippen molar-refractivity contribution in [3.63, 3.8) is 0 Å². The second kappa shape index (κ2) is 10.5. The van der Waals surface area contributed by atoms with Gasteiger partial charge in [0.15, 0.2) is 6.61 Å². The third-order valence-electron chi connectivity index (χ3n) is 6.58. The lowest BCUT2D eigenvalue weighted by atomic mass is 9.83. The molecule has 6 rings (SSSR count). The van der Waals surface area contributed by atoms with Crippen LogP contribution in [-0.4, -0.2) is 34.6 Å². The van der Waals surface area contributed by atoms with Crippen LogP contribution in [0.15, 0.2) is 93.2 Å². The number of thioether (sulfide) groups is 1. The van der Waals surface area contributed by atoms with E-state index in [0.29, 0.717) is 22.2 Å². The number of anilines is 2. The highest BCUT2D eigenvalue weighted by molar-refractivity contribution is 9.10. The van der Waals surface area contributed by atoms with E-state index in [2.05, 4.69) is 26.2 Å². The molecule has 1 saturated heterocycles. The standard InChI is InChI=1S/C28H20BrN3O5S2/c29-16-8-10-18(11-9-16)32-26(34)22-21(23-25(31-28(36)39-23)38-24(22)27(32)35)15-6-12-19(13-7-15)37-14-20(33)30-17-4-2-1-3-5-17/h1-13,21-22,24H,14H2,(H,30,33)(H,31,36)/t21-,22-,24+/m0/s1. The maximum absolute atomic E-state index is 13.8. The summed E-state index contributed by atoms with van der Waals surface area (Å²) in [5, 5.41) is 2.72. The summed E-state index contributed by atoms with van der Waals surface area (Å²) in [6, 6.07) is 23.2. The first-order chi connectivity index (χ1) is 18.9. The number of nitrogens with one attached hydrogen (secondary N) is 2. The van der Waals surface area contributed by atoms with E-state index in [9.17, 15) is 19.2 Å². The van der Waals surface area contributed by atoms with Crippen molar-refractivity contribution >= 4 is 68.1 Å². The highest BCUT2D eigenvalue weighted by Gasteiger charge is 2.56. The van der Waals surface area contributed by atoms with Crippen molar-refractivity contribution in [1.82, 2.24) is 4.98 Å². The van der Waals surface area contributed by atoms with Crippen LogP contribution in [0.3, 0.4) is 0 Å². The van der Waals surface area contributed by atoms with Gasteiger partial charge >= 0.3 is 4.87 Å². The average molecular weight is 623 g/mol. The molecule has 1 aromatic heterocycles. The number of thiazole rings is 1. The summed E-state index contributed by atoms with van der Waals surface area (Å²) in [7, 11) is 0. The molecular formula is C28H20BrN3O5S2. The molecule has 0 saturated carbocycles. The number of H-pyrrole nitrogens is 1. The predicted molar refractivity (Wildman–Crippen MR) is 154 cm³/mol. The Bertz CT molecular complexity index is 1620. The maximum atomic E-state index is 13.8. The highest BCUT2D eigenvalue weighted by atomic mass is 79.9. The summed E-state index contributed by atoms with van der Waals surface area (Å²) in [6.45, 7) is -0.169. The van der Waals surface area contributed by atoms with Crippen LogP contribution in [0.25, 0.3) is 0 Å². The number of rotatable bonds is 6. The molecule has 2 aliphatic rings. The molecule has 8 nitrogen and oxygen atoms in total. The first kappa shape index (κ1) is 25.6. The average Bonchev–Trinajstić information content (AvgIpc) is 3.43. The van der Waals surface area contributed by atoms with Crippen LogP contribution in [-0.2, 0) is 14.4 Å². The summed E-state index contributed by atoms with van der Waals surface area (Å²) < 4.78 is 6.50. The smallest absolute Gasteiger partial charge is 0.305 e. The van der Waals surface area contributed by atoms with Crippen molar-refractivity contribution in [3.05, 3.63) is 103 Å². The van der Waals surface area contributed by atoms with E-state index in [1.807, 2.05) is 30.3 Å². The van der Waals surface area contributed by atoms with Gasteiger partial charge in [-0.2, -0.15) is 0 Å².